The number of methoxy groups -OCH3 is 1. The minimum atomic E-state index is -0.304. The molecule has 0 spiro atoms. The van der Waals surface area contributed by atoms with Crippen LogP contribution in [0.2, 0.25) is 4.34 Å². The molecular formula is C19H19ClN4O3S. The number of hydrogen-bond acceptors (Lipinski definition) is 7. The largest absolute Gasteiger partial charge is 0.496 e. The van der Waals surface area contributed by atoms with Crippen molar-refractivity contribution >= 4 is 34.8 Å². The van der Waals surface area contributed by atoms with Gasteiger partial charge in [0, 0.05) is 17.4 Å². The first-order valence-electron chi connectivity index (χ1n) is 8.86. The van der Waals surface area contributed by atoms with Crippen molar-refractivity contribution in [3.63, 3.8) is 0 Å². The summed E-state index contributed by atoms with van der Waals surface area (Å²) in [5, 5.41) is 7.71. The molecule has 0 bridgehead atoms. The van der Waals surface area contributed by atoms with E-state index in [-0.39, 0.29) is 11.8 Å². The van der Waals surface area contributed by atoms with Gasteiger partial charge in [0.05, 0.1) is 30.2 Å². The van der Waals surface area contributed by atoms with Gasteiger partial charge in [-0.3, -0.25) is 4.79 Å². The monoisotopic (exact) mass is 418 g/mol. The lowest BCUT2D eigenvalue weighted by Gasteiger charge is -2.09. The van der Waals surface area contributed by atoms with E-state index in [4.69, 9.17) is 21.1 Å². The quantitative estimate of drug-likeness (QED) is 0.655. The van der Waals surface area contributed by atoms with Crippen molar-refractivity contribution in [2.75, 3.05) is 25.6 Å². The summed E-state index contributed by atoms with van der Waals surface area (Å²) in [5.41, 5.74) is 0.423. The van der Waals surface area contributed by atoms with Crippen LogP contribution in [0.5, 0.6) is 5.75 Å². The van der Waals surface area contributed by atoms with Crippen LogP contribution >= 0.6 is 22.9 Å². The standard InChI is InChI=1S/C19H19ClN4O3S/c1-26-15-5-3-2-4-14(15)18(25)24-19(21-10-13-6-7-16(20)28-13)22-17(23-24)12-8-9-27-11-12/h2-7,12H,8-11H2,1H3,(H,21,22,23). The van der Waals surface area contributed by atoms with Gasteiger partial charge in [-0.1, -0.05) is 23.7 Å². The average Bonchev–Trinajstić information content (AvgIpc) is 3.46. The molecule has 1 aliphatic rings. The molecular weight excluding hydrogens is 400 g/mol. The van der Waals surface area contributed by atoms with Crippen molar-refractivity contribution < 1.29 is 14.3 Å². The molecule has 2 aromatic heterocycles. The van der Waals surface area contributed by atoms with Gasteiger partial charge < -0.3 is 14.8 Å². The summed E-state index contributed by atoms with van der Waals surface area (Å²) in [6, 6.07) is 10.8. The van der Waals surface area contributed by atoms with Gasteiger partial charge in [0.1, 0.15) is 5.75 Å². The molecule has 1 fully saturated rings. The van der Waals surface area contributed by atoms with Gasteiger partial charge in [0.25, 0.3) is 5.91 Å². The smallest absolute Gasteiger partial charge is 0.285 e. The van der Waals surface area contributed by atoms with Crippen LogP contribution < -0.4 is 10.1 Å². The number of para-hydroxylation sites is 1. The Morgan fingerprint density at radius 2 is 2.25 bits per heavy atom. The second-order valence-electron chi connectivity index (χ2n) is 6.33. The molecule has 28 heavy (non-hydrogen) atoms. The van der Waals surface area contributed by atoms with Crippen molar-refractivity contribution in [2.24, 2.45) is 0 Å². The van der Waals surface area contributed by atoms with Gasteiger partial charge in [-0.15, -0.1) is 16.4 Å². The van der Waals surface area contributed by atoms with E-state index in [1.165, 1.54) is 23.1 Å². The summed E-state index contributed by atoms with van der Waals surface area (Å²) in [5.74, 6) is 1.27. The number of ether oxygens (including phenoxy) is 2. The Labute approximate surface area is 171 Å². The molecule has 0 aliphatic carbocycles. The van der Waals surface area contributed by atoms with E-state index in [0.29, 0.717) is 47.2 Å². The second-order valence-corrected chi connectivity index (χ2v) is 8.13. The molecule has 0 radical (unpaired) electrons. The molecule has 146 valence electrons. The highest BCUT2D eigenvalue weighted by Crippen LogP contribution is 2.27. The van der Waals surface area contributed by atoms with Crippen LogP contribution in [-0.4, -0.2) is 41.0 Å². The number of aromatic nitrogens is 3. The molecule has 4 rings (SSSR count). The molecule has 1 aliphatic heterocycles. The van der Waals surface area contributed by atoms with Crippen LogP contribution in [-0.2, 0) is 11.3 Å². The van der Waals surface area contributed by atoms with Gasteiger partial charge in [-0.2, -0.15) is 9.67 Å². The van der Waals surface area contributed by atoms with Crippen molar-refractivity contribution in [2.45, 2.75) is 18.9 Å². The Bertz CT molecular complexity index is 981. The number of hydrogen-bond donors (Lipinski definition) is 1. The highest BCUT2D eigenvalue weighted by Gasteiger charge is 2.27. The summed E-state index contributed by atoms with van der Waals surface area (Å²) in [4.78, 5) is 18.8. The predicted octanol–water partition coefficient (Wildman–Crippen LogP) is 3.81. The molecule has 1 N–H and O–H groups in total. The van der Waals surface area contributed by atoms with Crippen molar-refractivity contribution in [1.29, 1.82) is 0 Å². The van der Waals surface area contributed by atoms with E-state index in [1.54, 1.807) is 18.2 Å². The highest BCUT2D eigenvalue weighted by atomic mass is 35.5. The molecule has 0 amide bonds. The number of rotatable bonds is 6. The Morgan fingerprint density at radius 1 is 1.39 bits per heavy atom. The average molecular weight is 419 g/mol. The summed E-state index contributed by atoms with van der Waals surface area (Å²) in [6.07, 6.45) is 0.840. The number of nitrogens with one attached hydrogen (secondary N) is 1. The normalized spacial score (nSPS) is 16.3. The van der Waals surface area contributed by atoms with E-state index in [0.717, 1.165) is 11.3 Å². The third kappa shape index (κ3) is 3.89. The molecule has 3 aromatic rings. The van der Waals surface area contributed by atoms with Gasteiger partial charge in [-0.05, 0) is 30.7 Å². The zero-order valence-corrected chi connectivity index (χ0v) is 16.8. The van der Waals surface area contributed by atoms with Crippen LogP contribution in [0.1, 0.15) is 33.4 Å². The molecule has 1 unspecified atom stereocenters. The van der Waals surface area contributed by atoms with Crippen molar-refractivity contribution in [1.82, 2.24) is 14.8 Å². The van der Waals surface area contributed by atoms with Crippen LogP contribution in [0, 0.1) is 0 Å². The van der Waals surface area contributed by atoms with Crippen molar-refractivity contribution in [3.05, 3.63) is 57.0 Å². The number of benzene rings is 1. The number of thiophene rings is 1. The lowest BCUT2D eigenvalue weighted by atomic mass is 10.1. The van der Waals surface area contributed by atoms with E-state index in [2.05, 4.69) is 15.4 Å². The predicted molar refractivity (Wildman–Crippen MR) is 108 cm³/mol. The maximum absolute atomic E-state index is 13.2. The molecule has 3 heterocycles. The summed E-state index contributed by atoms with van der Waals surface area (Å²) < 4.78 is 12.8. The Hall–Kier alpha value is -2.42. The molecule has 0 saturated carbocycles. The molecule has 1 saturated heterocycles. The maximum atomic E-state index is 13.2. The Balaban J connectivity index is 1.66. The lowest BCUT2D eigenvalue weighted by molar-refractivity contribution is 0.0943. The second kappa shape index (κ2) is 8.30. The van der Waals surface area contributed by atoms with Gasteiger partial charge >= 0.3 is 0 Å². The fourth-order valence-electron chi connectivity index (χ4n) is 3.04. The van der Waals surface area contributed by atoms with Gasteiger partial charge in [-0.25, -0.2) is 0 Å². The first kappa shape index (κ1) is 18.9. The minimum absolute atomic E-state index is 0.0865. The van der Waals surface area contributed by atoms with Crippen LogP contribution in [0.15, 0.2) is 36.4 Å². The van der Waals surface area contributed by atoms with Crippen LogP contribution in [0.25, 0.3) is 0 Å². The first-order chi connectivity index (χ1) is 13.7. The number of halogens is 1. The summed E-state index contributed by atoms with van der Waals surface area (Å²) in [6.45, 7) is 1.73. The van der Waals surface area contributed by atoms with Crippen LogP contribution in [0.4, 0.5) is 5.95 Å². The van der Waals surface area contributed by atoms with Gasteiger partial charge in [0.15, 0.2) is 5.82 Å². The molecule has 1 atom stereocenters. The topological polar surface area (TPSA) is 78.3 Å². The zero-order chi connectivity index (χ0) is 19.5. The molecule has 1 aromatic carbocycles. The molecule has 7 nitrogen and oxygen atoms in total. The maximum Gasteiger partial charge on any atom is 0.285 e. The minimum Gasteiger partial charge on any atom is -0.496 e. The van der Waals surface area contributed by atoms with Crippen LogP contribution in [0.3, 0.4) is 0 Å². The summed E-state index contributed by atoms with van der Waals surface area (Å²) in [7, 11) is 1.54. The highest BCUT2D eigenvalue weighted by molar-refractivity contribution is 7.16. The zero-order valence-electron chi connectivity index (χ0n) is 15.2. The summed E-state index contributed by atoms with van der Waals surface area (Å²) >= 11 is 7.48. The fraction of sp³-hybridized carbons (Fsp3) is 0.316. The number of carbonyl (C=O) groups excluding carboxylic acids is 1. The van der Waals surface area contributed by atoms with E-state index >= 15 is 0 Å². The lowest BCUT2D eigenvalue weighted by Crippen LogP contribution is -2.18. The number of nitrogens with zero attached hydrogens (tertiary/aromatic N) is 3. The first-order valence-corrected chi connectivity index (χ1v) is 10.1. The fourth-order valence-corrected chi connectivity index (χ4v) is 4.07. The van der Waals surface area contributed by atoms with Crippen molar-refractivity contribution in [3.8, 4) is 5.75 Å². The van der Waals surface area contributed by atoms with Gasteiger partial charge in [0.2, 0.25) is 5.95 Å². The Morgan fingerprint density at radius 3 is 2.96 bits per heavy atom. The number of anilines is 1. The van der Waals surface area contributed by atoms with E-state index in [1.807, 2.05) is 18.2 Å². The number of carbonyl (C=O) groups is 1. The van der Waals surface area contributed by atoms with E-state index in [9.17, 15) is 4.79 Å². The van der Waals surface area contributed by atoms with E-state index < -0.39 is 0 Å². The Kier molecular flexibility index (Phi) is 5.61. The molecule has 9 heteroatoms. The third-order valence-corrected chi connectivity index (χ3v) is 5.73. The SMILES string of the molecule is COc1ccccc1C(=O)n1nc(C2CCOC2)nc1NCc1ccc(Cl)s1. The third-order valence-electron chi connectivity index (χ3n) is 4.50.